The van der Waals surface area contributed by atoms with E-state index in [2.05, 4.69) is 52.7 Å². The molecule has 1 unspecified atom stereocenters. The summed E-state index contributed by atoms with van der Waals surface area (Å²) in [4.78, 5) is 13.5. The Labute approximate surface area is 154 Å². The smallest absolute Gasteiger partial charge is 0.224 e. The SMILES string of the molecule is Cc1ccc2c(N3CCN(CC(O)CC(C)C)CC3)nc(Cl)nc2c1. The molecule has 1 aromatic heterocycles. The molecule has 1 saturated heterocycles. The highest BCUT2D eigenvalue weighted by Gasteiger charge is 2.22. The van der Waals surface area contributed by atoms with Crippen molar-refractivity contribution in [1.82, 2.24) is 14.9 Å². The van der Waals surface area contributed by atoms with E-state index in [9.17, 15) is 5.11 Å². The summed E-state index contributed by atoms with van der Waals surface area (Å²) in [5, 5.41) is 11.5. The average molecular weight is 363 g/mol. The summed E-state index contributed by atoms with van der Waals surface area (Å²) in [6.07, 6.45) is 0.606. The Morgan fingerprint density at radius 1 is 1.16 bits per heavy atom. The van der Waals surface area contributed by atoms with E-state index in [0.717, 1.165) is 61.4 Å². The molecule has 1 aliphatic rings. The molecule has 0 bridgehead atoms. The highest BCUT2D eigenvalue weighted by Crippen LogP contribution is 2.27. The number of rotatable bonds is 5. The van der Waals surface area contributed by atoms with Gasteiger partial charge in [-0.05, 0) is 48.6 Å². The zero-order chi connectivity index (χ0) is 18.0. The molecule has 0 radical (unpaired) electrons. The number of aliphatic hydroxyl groups excluding tert-OH is 1. The number of benzene rings is 1. The van der Waals surface area contributed by atoms with Crippen LogP contribution in [0.25, 0.3) is 10.9 Å². The molecule has 136 valence electrons. The van der Waals surface area contributed by atoms with Gasteiger partial charge < -0.3 is 10.0 Å². The fourth-order valence-corrected chi connectivity index (χ4v) is 3.67. The first-order valence-electron chi connectivity index (χ1n) is 9.01. The summed E-state index contributed by atoms with van der Waals surface area (Å²) in [5.41, 5.74) is 2.06. The molecule has 0 saturated carbocycles. The fraction of sp³-hybridized carbons (Fsp3) is 0.579. The number of aromatic nitrogens is 2. The Balaban J connectivity index is 1.70. The fourth-order valence-electron chi connectivity index (χ4n) is 3.50. The van der Waals surface area contributed by atoms with Crippen LogP contribution in [0.15, 0.2) is 18.2 Å². The van der Waals surface area contributed by atoms with Gasteiger partial charge in [0, 0.05) is 38.1 Å². The lowest BCUT2D eigenvalue weighted by atomic mass is 10.1. The van der Waals surface area contributed by atoms with Gasteiger partial charge in [-0.3, -0.25) is 4.90 Å². The molecule has 1 N–H and O–H groups in total. The van der Waals surface area contributed by atoms with Gasteiger partial charge >= 0.3 is 0 Å². The molecule has 1 aromatic carbocycles. The summed E-state index contributed by atoms with van der Waals surface area (Å²) < 4.78 is 0. The zero-order valence-corrected chi connectivity index (χ0v) is 16.0. The minimum absolute atomic E-state index is 0.246. The monoisotopic (exact) mass is 362 g/mol. The van der Waals surface area contributed by atoms with Gasteiger partial charge in [0.15, 0.2) is 0 Å². The molecule has 2 aromatic rings. The Bertz CT molecular complexity index is 723. The van der Waals surface area contributed by atoms with E-state index in [4.69, 9.17) is 11.6 Å². The van der Waals surface area contributed by atoms with E-state index < -0.39 is 0 Å². The topological polar surface area (TPSA) is 52.5 Å². The number of piperazine rings is 1. The maximum Gasteiger partial charge on any atom is 0.224 e. The third-order valence-corrected chi connectivity index (χ3v) is 4.86. The Morgan fingerprint density at radius 3 is 2.56 bits per heavy atom. The van der Waals surface area contributed by atoms with Crippen molar-refractivity contribution in [2.24, 2.45) is 5.92 Å². The summed E-state index contributed by atoms with van der Waals surface area (Å²) >= 11 is 6.15. The summed E-state index contributed by atoms with van der Waals surface area (Å²) in [6, 6.07) is 6.21. The van der Waals surface area contributed by atoms with Crippen molar-refractivity contribution in [3.63, 3.8) is 0 Å². The largest absolute Gasteiger partial charge is 0.392 e. The van der Waals surface area contributed by atoms with E-state index in [1.54, 1.807) is 0 Å². The number of anilines is 1. The number of aryl methyl sites for hydroxylation is 1. The lowest BCUT2D eigenvalue weighted by molar-refractivity contribution is 0.0919. The van der Waals surface area contributed by atoms with Gasteiger partial charge in [-0.1, -0.05) is 19.9 Å². The standard InChI is InChI=1S/C19H27ClN4O/c1-13(2)10-15(25)12-23-6-8-24(9-7-23)18-16-5-4-14(3)11-17(16)21-19(20)22-18/h4-5,11,13,15,25H,6-10,12H2,1-3H3. The van der Waals surface area contributed by atoms with Gasteiger partial charge in [0.25, 0.3) is 0 Å². The van der Waals surface area contributed by atoms with E-state index in [-0.39, 0.29) is 6.10 Å². The number of nitrogens with zero attached hydrogens (tertiary/aromatic N) is 4. The third kappa shape index (κ3) is 4.60. The zero-order valence-electron chi connectivity index (χ0n) is 15.2. The van der Waals surface area contributed by atoms with E-state index >= 15 is 0 Å². The number of hydrogen-bond acceptors (Lipinski definition) is 5. The number of aliphatic hydroxyl groups is 1. The third-order valence-electron chi connectivity index (χ3n) is 4.69. The second-order valence-electron chi connectivity index (χ2n) is 7.41. The minimum atomic E-state index is -0.246. The second kappa shape index (κ2) is 7.85. The Kier molecular flexibility index (Phi) is 5.77. The number of fused-ring (bicyclic) bond motifs is 1. The highest BCUT2D eigenvalue weighted by atomic mass is 35.5. The molecule has 1 aliphatic heterocycles. The Morgan fingerprint density at radius 2 is 1.88 bits per heavy atom. The molecule has 5 nitrogen and oxygen atoms in total. The molecule has 0 aliphatic carbocycles. The van der Waals surface area contributed by atoms with Crippen molar-refractivity contribution < 1.29 is 5.11 Å². The minimum Gasteiger partial charge on any atom is -0.392 e. The maximum absolute atomic E-state index is 10.2. The van der Waals surface area contributed by atoms with Gasteiger partial charge in [-0.2, -0.15) is 4.98 Å². The molecule has 0 amide bonds. The molecule has 6 heteroatoms. The van der Waals surface area contributed by atoms with Crippen LogP contribution < -0.4 is 4.90 Å². The predicted molar refractivity (Wildman–Crippen MR) is 103 cm³/mol. The molecule has 2 heterocycles. The predicted octanol–water partition coefficient (Wildman–Crippen LogP) is 3.12. The van der Waals surface area contributed by atoms with Crippen molar-refractivity contribution in [3.05, 3.63) is 29.0 Å². The van der Waals surface area contributed by atoms with Crippen molar-refractivity contribution in [2.75, 3.05) is 37.6 Å². The first-order valence-corrected chi connectivity index (χ1v) is 9.39. The molecular weight excluding hydrogens is 336 g/mol. The van der Waals surface area contributed by atoms with Crippen LogP contribution in [0.4, 0.5) is 5.82 Å². The lowest BCUT2D eigenvalue weighted by Gasteiger charge is -2.36. The van der Waals surface area contributed by atoms with Gasteiger partial charge in [-0.15, -0.1) is 0 Å². The van der Waals surface area contributed by atoms with Gasteiger partial charge in [-0.25, -0.2) is 4.98 Å². The molecule has 1 atom stereocenters. The van der Waals surface area contributed by atoms with Crippen LogP contribution in [-0.4, -0.2) is 58.8 Å². The summed E-state index contributed by atoms with van der Waals surface area (Å²) in [5.74, 6) is 1.44. The first-order chi connectivity index (χ1) is 11.9. The van der Waals surface area contributed by atoms with Crippen LogP contribution in [0.2, 0.25) is 5.28 Å². The van der Waals surface area contributed by atoms with Crippen molar-refractivity contribution in [2.45, 2.75) is 33.3 Å². The Hall–Kier alpha value is -1.43. The van der Waals surface area contributed by atoms with Gasteiger partial charge in [0.2, 0.25) is 5.28 Å². The number of hydrogen-bond donors (Lipinski definition) is 1. The number of halogens is 1. The van der Waals surface area contributed by atoms with Crippen LogP contribution in [0.1, 0.15) is 25.8 Å². The maximum atomic E-state index is 10.2. The van der Waals surface area contributed by atoms with E-state index in [1.807, 2.05) is 6.07 Å². The molecule has 1 fully saturated rings. The number of β-amino-alcohol motifs (C(OH)–C–C–N with tert-alkyl or cyclic N) is 1. The molecule has 3 rings (SSSR count). The van der Waals surface area contributed by atoms with Crippen LogP contribution >= 0.6 is 11.6 Å². The van der Waals surface area contributed by atoms with Crippen LogP contribution in [-0.2, 0) is 0 Å². The molecular formula is C19H27ClN4O. The second-order valence-corrected chi connectivity index (χ2v) is 7.75. The summed E-state index contributed by atoms with van der Waals surface area (Å²) in [6.45, 7) is 10.7. The van der Waals surface area contributed by atoms with Gasteiger partial charge in [0.05, 0.1) is 11.6 Å². The van der Waals surface area contributed by atoms with Crippen LogP contribution in [0.5, 0.6) is 0 Å². The first kappa shape index (κ1) is 18.4. The van der Waals surface area contributed by atoms with E-state index in [1.165, 1.54) is 0 Å². The molecule has 25 heavy (non-hydrogen) atoms. The highest BCUT2D eigenvalue weighted by molar-refractivity contribution is 6.28. The average Bonchev–Trinajstić information content (AvgIpc) is 2.53. The van der Waals surface area contributed by atoms with Gasteiger partial charge in [0.1, 0.15) is 5.82 Å². The summed E-state index contributed by atoms with van der Waals surface area (Å²) in [7, 11) is 0. The normalized spacial score (nSPS) is 17.4. The van der Waals surface area contributed by atoms with E-state index in [0.29, 0.717) is 11.2 Å². The lowest BCUT2D eigenvalue weighted by Crippen LogP contribution is -2.49. The van der Waals surface area contributed by atoms with Crippen molar-refractivity contribution in [1.29, 1.82) is 0 Å². The van der Waals surface area contributed by atoms with Crippen molar-refractivity contribution in [3.8, 4) is 0 Å². The van der Waals surface area contributed by atoms with Crippen LogP contribution in [0.3, 0.4) is 0 Å². The van der Waals surface area contributed by atoms with Crippen LogP contribution in [0, 0.1) is 12.8 Å². The quantitative estimate of drug-likeness (QED) is 0.828. The van der Waals surface area contributed by atoms with Crippen molar-refractivity contribution >= 4 is 28.3 Å². The molecule has 0 spiro atoms.